The van der Waals surface area contributed by atoms with Crippen molar-refractivity contribution in [2.24, 2.45) is 0 Å². The highest BCUT2D eigenvalue weighted by Crippen LogP contribution is 2.24. The van der Waals surface area contributed by atoms with Crippen LogP contribution in [0.25, 0.3) is 11.3 Å². The van der Waals surface area contributed by atoms with Crippen LogP contribution in [-0.4, -0.2) is 48.9 Å². The van der Waals surface area contributed by atoms with E-state index in [1.165, 1.54) is 12.1 Å². The zero-order valence-corrected chi connectivity index (χ0v) is 17.9. The smallest absolute Gasteiger partial charge is 0.243 e. The molecule has 7 nitrogen and oxygen atoms in total. The Hall–Kier alpha value is -2.88. The fourth-order valence-electron chi connectivity index (χ4n) is 3.57. The number of hydrogen-bond donors (Lipinski definition) is 2. The SMILES string of the molecule is CNC1CCN(S(=O)(=O)c2ccc(Nc3nccc(-c4ccc(F)cc4)n3)cc2)CC1. The van der Waals surface area contributed by atoms with Gasteiger partial charge in [-0.3, -0.25) is 0 Å². The highest BCUT2D eigenvalue weighted by atomic mass is 32.2. The molecule has 4 rings (SSSR count). The number of piperidine rings is 1. The summed E-state index contributed by atoms with van der Waals surface area (Å²) < 4.78 is 40.5. The molecule has 0 bridgehead atoms. The van der Waals surface area contributed by atoms with Crippen molar-refractivity contribution < 1.29 is 12.8 Å². The molecule has 1 fully saturated rings. The minimum atomic E-state index is -3.51. The maximum Gasteiger partial charge on any atom is 0.243 e. The van der Waals surface area contributed by atoms with E-state index in [0.29, 0.717) is 36.5 Å². The van der Waals surface area contributed by atoms with Gasteiger partial charge in [-0.2, -0.15) is 4.31 Å². The molecule has 1 aromatic heterocycles. The van der Waals surface area contributed by atoms with Crippen LogP contribution in [-0.2, 0) is 10.0 Å². The van der Waals surface area contributed by atoms with E-state index < -0.39 is 10.0 Å². The Balaban J connectivity index is 1.46. The summed E-state index contributed by atoms with van der Waals surface area (Å²) in [6.45, 7) is 1.02. The van der Waals surface area contributed by atoms with E-state index in [2.05, 4.69) is 20.6 Å². The molecule has 1 aliphatic heterocycles. The molecule has 9 heteroatoms. The van der Waals surface area contributed by atoms with Crippen molar-refractivity contribution in [3.63, 3.8) is 0 Å². The number of benzene rings is 2. The molecule has 31 heavy (non-hydrogen) atoms. The van der Waals surface area contributed by atoms with Crippen LogP contribution in [0.15, 0.2) is 65.7 Å². The summed E-state index contributed by atoms with van der Waals surface area (Å²) in [5.41, 5.74) is 2.10. The van der Waals surface area contributed by atoms with Crippen molar-refractivity contribution in [2.45, 2.75) is 23.8 Å². The van der Waals surface area contributed by atoms with Gasteiger partial charge in [0.25, 0.3) is 0 Å². The molecule has 2 heterocycles. The van der Waals surface area contributed by atoms with Gasteiger partial charge in [0.1, 0.15) is 5.82 Å². The highest BCUT2D eigenvalue weighted by molar-refractivity contribution is 7.89. The first-order valence-electron chi connectivity index (χ1n) is 10.1. The molecule has 162 valence electrons. The number of halogens is 1. The fourth-order valence-corrected chi connectivity index (χ4v) is 5.04. The third-order valence-corrected chi connectivity index (χ3v) is 7.32. The lowest BCUT2D eigenvalue weighted by atomic mass is 10.1. The largest absolute Gasteiger partial charge is 0.324 e. The first-order valence-corrected chi connectivity index (χ1v) is 11.5. The van der Waals surface area contributed by atoms with Gasteiger partial charge in [0.05, 0.1) is 10.6 Å². The lowest BCUT2D eigenvalue weighted by Crippen LogP contribution is -2.43. The van der Waals surface area contributed by atoms with E-state index in [1.807, 2.05) is 7.05 Å². The molecule has 0 aliphatic carbocycles. The molecule has 3 aromatic rings. The second-order valence-electron chi connectivity index (χ2n) is 7.39. The molecule has 0 atom stereocenters. The number of rotatable bonds is 6. The molecule has 0 spiro atoms. The van der Waals surface area contributed by atoms with Gasteiger partial charge < -0.3 is 10.6 Å². The molecule has 2 aromatic carbocycles. The minimum Gasteiger partial charge on any atom is -0.324 e. The van der Waals surface area contributed by atoms with Crippen molar-refractivity contribution in [3.8, 4) is 11.3 Å². The van der Waals surface area contributed by atoms with Gasteiger partial charge in [0.15, 0.2) is 0 Å². The zero-order chi connectivity index (χ0) is 21.8. The standard InChI is InChI=1S/C22H24FN5O2S/c1-24-18-11-14-28(15-12-18)31(29,30)20-8-6-19(7-9-20)26-22-25-13-10-21(27-22)16-2-4-17(23)5-3-16/h2-10,13,18,24H,11-12,14-15H2,1H3,(H,25,26,27). The van der Waals surface area contributed by atoms with Gasteiger partial charge in [-0.1, -0.05) is 0 Å². The summed E-state index contributed by atoms with van der Waals surface area (Å²) in [6, 6.07) is 14.7. The van der Waals surface area contributed by atoms with Crippen molar-refractivity contribution in [2.75, 3.05) is 25.5 Å². The molecule has 0 amide bonds. The monoisotopic (exact) mass is 441 g/mol. The van der Waals surface area contributed by atoms with E-state index >= 15 is 0 Å². The Morgan fingerprint density at radius 3 is 2.32 bits per heavy atom. The van der Waals surface area contributed by atoms with E-state index in [0.717, 1.165) is 18.4 Å². The summed E-state index contributed by atoms with van der Waals surface area (Å²) in [7, 11) is -1.61. The average molecular weight is 442 g/mol. The van der Waals surface area contributed by atoms with Crippen LogP contribution >= 0.6 is 0 Å². The Morgan fingerprint density at radius 1 is 1.00 bits per heavy atom. The minimum absolute atomic E-state index is 0.266. The van der Waals surface area contributed by atoms with Gasteiger partial charge in [-0.05, 0) is 74.5 Å². The summed E-state index contributed by atoms with van der Waals surface area (Å²) in [5, 5.41) is 6.29. The number of anilines is 2. The van der Waals surface area contributed by atoms with E-state index in [1.54, 1.807) is 53.0 Å². The molecule has 1 saturated heterocycles. The number of nitrogens with zero attached hydrogens (tertiary/aromatic N) is 3. The first kappa shape index (κ1) is 21.4. The second kappa shape index (κ2) is 9.09. The lowest BCUT2D eigenvalue weighted by molar-refractivity contribution is 0.298. The molecular formula is C22H24FN5O2S. The van der Waals surface area contributed by atoms with Crippen LogP contribution in [0.5, 0.6) is 0 Å². The third-order valence-electron chi connectivity index (χ3n) is 5.41. The molecule has 1 aliphatic rings. The maximum atomic E-state index is 13.1. The van der Waals surface area contributed by atoms with Gasteiger partial charge >= 0.3 is 0 Å². The first-order chi connectivity index (χ1) is 15.0. The Bertz CT molecular complexity index is 1130. The van der Waals surface area contributed by atoms with Gasteiger partial charge in [0, 0.05) is 36.6 Å². The maximum absolute atomic E-state index is 13.1. The van der Waals surface area contributed by atoms with Crippen LogP contribution in [0.1, 0.15) is 12.8 Å². The second-order valence-corrected chi connectivity index (χ2v) is 9.33. The highest BCUT2D eigenvalue weighted by Gasteiger charge is 2.28. The quantitative estimate of drug-likeness (QED) is 0.610. The van der Waals surface area contributed by atoms with Gasteiger partial charge in [-0.25, -0.2) is 22.8 Å². The predicted octanol–water partition coefficient (Wildman–Crippen LogP) is 3.40. The molecule has 0 unspecified atom stereocenters. The third kappa shape index (κ3) is 4.90. The molecular weight excluding hydrogens is 417 g/mol. The van der Waals surface area contributed by atoms with Crippen molar-refractivity contribution in [1.29, 1.82) is 0 Å². The Labute approximate surface area is 181 Å². The number of aromatic nitrogens is 2. The summed E-state index contributed by atoms with van der Waals surface area (Å²) in [5.74, 6) is 0.0594. The summed E-state index contributed by atoms with van der Waals surface area (Å²) in [6.07, 6.45) is 3.22. The van der Waals surface area contributed by atoms with Crippen LogP contribution in [0.3, 0.4) is 0 Å². The number of sulfonamides is 1. The average Bonchev–Trinajstić information content (AvgIpc) is 2.80. The lowest BCUT2D eigenvalue weighted by Gasteiger charge is -2.31. The van der Waals surface area contributed by atoms with Crippen LogP contribution in [0.2, 0.25) is 0 Å². The van der Waals surface area contributed by atoms with E-state index in [-0.39, 0.29) is 10.7 Å². The zero-order valence-electron chi connectivity index (χ0n) is 17.1. The molecule has 0 radical (unpaired) electrons. The van der Waals surface area contributed by atoms with Crippen LogP contribution < -0.4 is 10.6 Å². The van der Waals surface area contributed by atoms with Crippen molar-refractivity contribution in [3.05, 3.63) is 66.6 Å². The normalized spacial score (nSPS) is 15.7. The molecule has 2 N–H and O–H groups in total. The van der Waals surface area contributed by atoms with Gasteiger partial charge in [0.2, 0.25) is 16.0 Å². The number of nitrogens with one attached hydrogen (secondary N) is 2. The fraction of sp³-hybridized carbons (Fsp3) is 0.273. The van der Waals surface area contributed by atoms with E-state index in [4.69, 9.17) is 0 Å². The van der Waals surface area contributed by atoms with Crippen molar-refractivity contribution >= 4 is 21.7 Å². The summed E-state index contributed by atoms with van der Waals surface area (Å²) in [4.78, 5) is 8.93. The predicted molar refractivity (Wildman–Crippen MR) is 118 cm³/mol. The number of hydrogen-bond acceptors (Lipinski definition) is 6. The van der Waals surface area contributed by atoms with Crippen molar-refractivity contribution in [1.82, 2.24) is 19.6 Å². The van der Waals surface area contributed by atoms with Crippen LogP contribution in [0, 0.1) is 5.82 Å². The van der Waals surface area contributed by atoms with Gasteiger partial charge in [-0.15, -0.1) is 0 Å². The van der Waals surface area contributed by atoms with Crippen LogP contribution in [0.4, 0.5) is 16.0 Å². The Morgan fingerprint density at radius 2 is 1.68 bits per heavy atom. The topological polar surface area (TPSA) is 87.2 Å². The Kier molecular flexibility index (Phi) is 6.26. The van der Waals surface area contributed by atoms with E-state index in [9.17, 15) is 12.8 Å². The molecule has 0 saturated carbocycles. The summed E-state index contributed by atoms with van der Waals surface area (Å²) >= 11 is 0.